The Balaban J connectivity index is 2.24. The Kier molecular flexibility index (Phi) is 5.77. The van der Waals surface area contributed by atoms with Gasteiger partial charge in [-0.3, -0.25) is 0 Å². The Morgan fingerprint density at radius 1 is 1.47 bits per heavy atom. The maximum absolute atomic E-state index is 3.77. The lowest BCUT2D eigenvalue weighted by molar-refractivity contribution is 0.460. The largest absolute Gasteiger partial charge is 0.313 e. The standard InChI is InChI=1S/C13H25NS/c1-4-5-8-12(2)14-11-13(15-3)9-6-7-10-13/h4,12,14H,1,5-11H2,2-3H3. The van der Waals surface area contributed by atoms with Crippen LogP contribution in [0.5, 0.6) is 0 Å². The monoisotopic (exact) mass is 227 g/mol. The molecule has 0 aromatic rings. The summed E-state index contributed by atoms with van der Waals surface area (Å²) in [7, 11) is 0. The van der Waals surface area contributed by atoms with Crippen LogP contribution in [-0.4, -0.2) is 23.6 Å². The molecule has 0 heterocycles. The van der Waals surface area contributed by atoms with Crippen molar-refractivity contribution < 1.29 is 0 Å². The normalized spacial score (nSPS) is 21.5. The zero-order valence-electron chi connectivity index (χ0n) is 10.2. The molecule has 1 unspecified atom stereocenters. The number of thioether (sulfide) groups is 1. The molecule has 0 aromatic carbocycles. The molecule has 15 heavy (non-hydrogen) atoms. The number of hydrogen-bond donors (Lipinski definition) is 1. The Morgan fingerprint density at radius 3 is 2.67 bits per heavy atom. The third-order valence-electron chi connectivity index (χ3n) is 3.52. The second kappa shape index (κ2) is 6.59. The van der Waals surface area contributed by atoms with E-state index in [1.54, 1.807) is 0 Å². The van der Waals surface area contributed by atoms with Crippen LogP contribution >= 0.6 is 11.8 Å². The fourth-order valence-corrected chi connectivity index (χ4v) is 3.23. The first-order chi connectivity index (χ1) is 7.22. The summed E-state index contributed by atoms with van der Waals surface area (Å²) in [4.78, 5) is 0. The van der Waals surface area contributed by atoms with E-state index in [2.05, 4.69) is 36.8 Å². The van der Waals surface area contributed by atoms with Crippen molar-refractivity contribution in [3.63, 3.8) is 0 Å². The quantitative estimate of drug-likeness (QED) is 0.667. The SMILES string of the molecule is C=CCCC(C)NCC1(SC)CCCC1. The second-order valence-electron chi connectivity index (χ2n) is 4.74. The van der Waals surface area contributed by atoms with Gasteiger partial charge in [-0.2, -0.15) is 11.8 Å². The molecule has 88 valence electrons. The van der Waals surface area contributed by atoms with Crippen molar-refractivity contribution in [2.75, 3.05) is 12.8 Å². The minimum absolute atomic E-state index is 0.544. The topological polar surface area (TPSA) is 12.0 Å². The molecule has 1 aliphatic rings. The van der Waals surface area contributed by atoms with Crippen LogP contribution in [-0.2, 0) is 0 Å². The van der Waals surface area contributed by atoms with Crippen LogP contribution < -0.4 is 5.32 Å². The Bertz CT molecular complexity index is 185. The van der Waals surface area contributed by atoms with Crippen molar-refractivity contribution in [1.29, 1.82) is 0 Å². The van der Waals surface area contributed by atoms with E-state index in [9.17, 15) is 0 Å². The van der Waals surface area contributed by atoms with Gasteiger partial charge in [0.25, 0.3) is 0 Å². The number of rotatable bonds is 7. The summed E-state index contributed by atoms with van der Waals surface area (Å²) in [5.74, 6) is 0. The van der Waals surface area contributed by atoms with Gasteiger partial charge < -0.3 is 5.32 Å². The van der Waals surface area contributed by atoms with Crippen molar-refractivity contribution >= 4 is 11.8 Å². The molecule has 1 saturated carbocycles. The van der Waals surface area contributed by atoms with Gasteiger partial charge in [0, 0.05) is 17.3 Å². The van der Waals surface area contributed by atoms with Crippen LogP contribution in [0.4, 0.5) is 0 Å². The van der Waals surface area contributed by atoms with E-state index in [1.165, 1.54) is 38.6 Å². The smallest absolute Gasteiger partial charge is 0.0281 e. The van der Waals surface area contributed by atoms with E-state index in [4.69, 9.17) is 0 Å². The zero-order chi connectivity index (χ0) is 11.1. The third kappa shape index (κ3) is 4.20. The van der Waals surface area contributed by atoms with Gasteiger partial charge in [0.15, 0.2) is 0 Å². The fourth-order valence-electron chi connectivity index (χ4n) is 2.30. The Labute approximate surface area is 99.1 Å². The lowest BCUT2D eigenvalue weighted by Gasteiger charge is -2.29. The minimum Gasteiger partial charge on any atom is -0.313 e. The first-order valence-electron chi connectivity index (χ1n) is 6.12. The van der Waals surface area contributed by atoms with E-state index in [-0.39, 0.29) is 0 Å². The van der Waals surface area contributed by atoms with Gasteiger partial charge in [0.1, 0.15) is 0 Å². The summed E-state index contributed by atoms with van der Waals surface area (Å²) >= 11 is 2.06. The molecule has 1 N–H and O–H groups in total. The summed E-state index contributed by atoms with van der Waals surface area (Å²) in [5.41, 5.74) is 0. The van der Waals surface area contributed by atoms with Gasteiger partial charge in [-0.25, -0.2) is 0 Å². The third-order valence-corrected chi connectivity index (χ3v) is 4.94. The van der Waals surface area contributed by atoms with Crippen LogP contribution in [0.15, 0.2) is 12.7 Å². The molecule has 0 radical (unpaired) electrons. The highest BCUT2D eigenvalue weighted by Gasteiger charge is 2.32. The van der Waals surface area contributed by atoms with Gasteiger partial charge in [0.2, 0.25) is 0 Å². The predicted octanol–water partition coefficient (Wildman–Crippen LogP) is 3.61. The molecule has 0 bridgehead atoms. The molecular weight excluding hydrogens is 202 g/mol. The molecule has 0 aliphatic heterocycles. The molecule has 0 aromatic heterocycles. The highest BCUT2D eigenvalue weighted by molar-refractivity contribution is 8.00. The van der Waals surface area contributed by atoms with E-state index in [1.807, 2.05) is 6.08 Å². The van der Waals surface area contributed by atoms with E-state index >= 15 is 0 Å². The molecule has 0 spiro atoms. The van der Waals surface area contributed by atoms with Crippen molar-refractivity contribution in [1.82, 2.24) is 5.32 Å². The van der Waals surface area contributed by atoms with Gasteiger partial charge in [0.05, 0.1) is 0 Å². The fraction of sp³-hybridized carbons (Fsp3) is 0.846. The van der Waals surface area contributed by atoms with Crippen molar-refractivity contribution in [2.45, 2.75) is 56.2 Å². The first kappa shape index (κ1) is 13.1. The van der Waals surface area contributed by atoms with E-state index < -0.39 is 0 Å². The maximum Gasteiger partial charge on any atom is 0.0281 e. The molecule has 0 saturated heterocycles. The predicted molar refractivity (Wildman–Crippen MR) is 71.6 cm³/mol. The molecule has 2 heteroatoms. The molecular formula is C13H25NS. The molecule has 1 nitrogen and oxygen atoms in total. The highest BCUT2D eigenvalue weighted by atomic mass is 32.2. The molecule has 1 fully saturated rings. The van der Waals surface area contributed by atoms with Gasteiger partial charge in [-0.1, -0.05) is 18.9 Å². The van der Waals surface area contributed by atoms with Crippen molar-refractivity contribution in [2.24, 2.45) is 0 Å². The second-order valence-corrected chi connectivity index (χ2v) is 6.02. The van der Waals surface area contributed by atoms with Crippen molar-refractivity contribution in [3.8, 4) is 0 Å². The van der Waals surface area contributed by atoms with Gasteiger partial charge in [-0.05, 0) is 38.9 Å². The van der Waals surface area contributed by atoms with Crippen LogP contribution in [0.25, 0.3) is 0 Å². The lowest BCUT2D eigenvalue weighted by atomic mass is 10.1. The van der Waals surface area contributed by atoms with Crippen molar-refractivity contribution in [3.05, 3.63) is 12.7 Å². The number of nitrogens with one attached hydrogen (secondary N) is 1. The van der Waals surface area contributed by atoms with Gasteiger partial charge in [-0.15, -0.1) is 6.58 Å². The lowest BCUT2D eigenvalue weighted by Crippen LogP contribution is -2.39. The maximum atomic E-state index is 3.77. The number of allylic oxidation sites excluding steroid dienone is 1. The Hall–Kier alpha value is 0.0500. The average Bonchev–Trinajstić information content (AvgIpc) is 2.73. The molecule has 1 aliphatic carbocycles. The van der Waals surface area contributed by atoms with Crippen LogP contribution in [0, 0.1) is 0 Å². The molecule has 1 rings (SSSR count). The minimum atomic E-state index is 0.544. The molecule has 1 atom stereocenters. The van der Waals surface area contributed by atoms with Crippen LogP contribution in [0.3, 0.4) is 0 Å². The number of hydrogen-bond acceptors (Lipinski definition) is 2. The summed E-state index contributed by atoms with van der Waals surface area (Å²) in [6, 6.07) is 0.632. The zero-order valence-corrected chi connectivity index (χ0v) is 11.0. The summed E-state index contributed by atoms with van der Waals surface area (Å²) in [6.45, 7) is 7.24. The van der Waals surface area contributed by atoms with Crippen LogP contribution in [0.1, 0.15) is 45.4 Å². The summed E-state index contributed by atoms with van der Waals surface area (Å²) in [6.07, 6.45) is 12.3. The summed E-state index contributed by atoms with van der Waals surface area (Å²) < 4.78 is 0.544. The van der Waals surface area contributed by atoms with Crippen LogP contribution in [0.2, 0.25) is 0 Å². The van der Waals surface area contributed by atoms with E-state index in [0.717, 1.165) is 6.42 Å². The van der Waals surface area contributed by atoms with E-state index in [0.29, 0.717) is 10.8 Å². The van der Waals surface area contributed by atoms with Gasteiger partial charge >= 0.3 is 0 Å². The Morgan fingerprint density at radius 2 is 2.13 bits per heavy atom. The molecule has 0 amide bonds. The average molecular weight is 227 g/mol. The highest BCUT2D eigenvalue weighted by Crippen LogP contribution is 2.39. The summed E-state index contributed by atoms with van der Waals surface area (Å²) in [5, 5.41) is 3.68. The first-order valence-corrected chi connectivity index (χ1v) is 7.34.